The van der Waals surface area contributed by atoms with Crippen molar-refractivity contribution in [2.75, 3.05) is 7.11 Å². The first-order valence-electron chi connectivity index (χ1n) is 6.88. The summed E-state index contributed by atoms with van der Waals surface area (Å²) in [5, 5.41) is 0.823. The predicted molar refractivity (Wildman–Crippen MR) is 95.6 cm³/mol. The van der Waals surface area contributed by atoms with Crippen LogP contribution in [0.15, 0.2) is 48.5 Å². The van der Waals surface area contributed by atoms with Gasteiger partial charge in [0.25, 0.3) is 0 Å². The predicted octanol–water partition coefficient (Wildman–Crippen LogP) is 5.90. The van der Waals surface area contributed by atoms with Crippen LogP contribution in [0.3, 0.4) is 0 Å². The third-order valence-corrected chi connectivity index (χ3v) is 3.93. The first kappa shape index (κ1) is 16.8. The Morgan fingerprint density at radius 1 is 0.792 bits per heavy atom. The molecule has 0 saturated heterocycles. The number of benzene rings is 2. The van der Waals surface area contributed by atoms with E-state index in [1.807, 2.05) is 12.1 Å². The molecule has 0 aliphatic rings. The Hall–Kier alpha value is -2.01. The molecule has 0 atom stereocenters. The minimum absolute atomic E-state index is 0.103. The SMILES string of the molecule is COc1ccccc1Oc1c(Cl)nc(-c2ccc(Cl)cc2)nc1Cl. The average molecular weight is 382 g/mol. The van der Waals surface area contributed by atoms with Gasteiger partial charge in [0.1, 0.15) is 0 Å². The highest BCUT2D eigenvalue weighted by Crippen LogP contribution is 2.38. The Balaban J connectivity index is 1.97. The smallest absolute Gasteiger partial charge is 0.202 e. The van der Waals surface area contributed by atoms with E-state index in [0.29, 0.717) is 22.3 Å². The van der Waals surface area contributed by atoms with Crippen LogP contribution in [0.1, 0.15) is 0 Å². The third kappa shape index (κ3) is 3.56. The molecule has 24 heavy (non-hydrogen) atoms. The lowest BCUT2D eigenvalue weighted by atomic mass is 10.2. The molecule has 0 bridgehead atoms. The topological polar surface area (TPSA) is 44.2 Å². The maximum atomic E-state index is 6.23. The summed E-state index contributed by atoms with van der Waals surface area (Å²) in [6.07, 6.45) is 0. The lowest BCUT2D eigenvalue weighted by Crippen LogP contribution is -1.97. The summed E-state index contributed by atoms with van der Waals surface area (Å²) in [5.41, 5.74) is 0.743. The molecule has 0 aliphatic carbocycles. The third-order valence-electron chi connectivity index (χ3n) is 3.17. The largest absolute Gasteiger partial charge is 0.493 e. The number of halogens is 3. The fraction of sp³-hybridized carbons (Fsp3) is 0.0588. The number of aromatic nitrogens is 2. The van der Waals surface area contributed by atoms with Gasteiger partial charge < -0.3 is 9.47 Å². The summed E-state index contributed by atoms with van der Waals surface area (Å²) in [6, 6.07) is 14.2. The number of para-hydroxylation sites is 2. The van der Waals surface area contributed by atoms with E-state index in [1.165, 1.54) is 0 Å². The molecule has 0 radical (unpaired) electrons. The van der Waals surface area contributed by atoms with Crippen LogP contribution in [0.25, 0.3) is 11.4 Å². The van der Waals surface area contributed by atoms with Gasteiger partial charge in [-0.25, -0.2) is 9.97 Å². The molecule has 0 saturated carbocycles. The van der Waals surface area contributed by atoms with E-state index in [1.54, 1.807) is 43.5 Å². The molecule has 3 rings (SSSR count). The van der Waals surface area contributed by atoms with Gasteiger partial charge >= 0.3 is 0 Å². The molecule has 0 fully saturated rings. The molecule has 0 spiro atoms. The average Bonchev–Trinajstić information content (AvgIpc) is 2.59. The van der Waals surface area contributed by atoms with Gasteiger partial charge in [-0.05, 0) is 36.4 Å². The molecule has 0 aliphatic heterocycles. The van der Waals surface area contributed by atoms with Crippen molar-refractivity contribution in [3.8, 4) is 28.6 Å². The van der Waals surface area contributed by atoms with Crippen molar-refractivity contribution in [3.05, 3.63) is 63.9 Å². The van der Waals surface area contributed by atoms with Crippen molar-refractivity contribution in [3.63, 3.8) is 0 Å². The van der Waals surface area contributed by atoms with E-state index in [9.17, 15) is 0 Å². The van der Waals surface area contributed by atoms with Crippen LogP contribution < -0.4 is 9.47 Å². The standard InChI is InChI=1S/C17H11Cl3N2O2/c1-23-12-4-2-3-5-13(12)24-14-15(19)21-17(22-16(14)20)10-6-8-11(18)9-7-10/h2-9H,1H3. The highest BCUT2D eigenvalue weighted by molar-refractivity contribution is 6.35. The lowest BCUT2D eigenvalue weighted by Gasteiger charge is -2.12. The number of hydrogen-bond acceptors (Lipinski definition) is 4. The van der Waals surface area contributed by atoms with Crippen molar-refractivity contribution in [2.24, 2.45) is 0 Å². The van der Waals surface area contributed by atoms with Crippen LogP contribution in [0, 0.1) is 0 Å². The first-order valence-corrected chi connectivity index (χ1v) is 8.01. The Bertz CT molecular complexity index is 847. The van der Waals surface area contributed by atoms with Gasteiger partial charge in [-0.3, -0.25) is 0 Å². The second kappa shape index (κ2) is 7.26. The molecule has 4 nitrogen and oxygen atoms in total. The van der Waals surface area contributed by atoms with E-state index < -0.39 is 0 Å². The van der Waals surface area contributed by atoms with Gasteiger partial charge in [0.15, 0.2) is 27.6 Å². The second-order valence-corrected chi connectivity index (χ2v) is 5.87. The Morgan fingerprint density at radius 3 is 1.96 bits per heavy atom. The number of nitrogens with zero attached hydrogens (tertiary/aromatic N) is 2. The molecule has 2 aromatic carbocycles. The van der Waals surface area contributed by atoms with Crippen molar-refractivity contribution in [2.45, 2.75) is 0 Å². The zero-order valence-electron chi connectivity index (χ0n) is 12.5. The van der Waals surface area contributed by atoms with Crippen LogP contribution >= 0.6 is 34.8 Å². The van der Waals surface area contributed by atoms with Crippen LogP contribution in [0.5, 0.6) is 17.2 Å². The molecule has 122 valence electrons. The van der Waals surface area contributed by atoms with Crippen LogP contribution in [0.2, 0.25) is 15.3 Å². The minimum atomic E-state index is 0.103. The summed E-state index contributed by atoms with van der Waals surface area (Å²) in [6.45, 7) is 0. The van der Waals surface area contributed by atoms with Gasteiger partial charge in [-0.1, -0.05) is 46.9 Å². The minimum Gasteiger partial charge on any atom is -0.493 e. The van der Waals surface area contributed by atoms with Gasteiger partial charge in [-0.15, -0.1) is 0 Å². The highest BCUT2D eigenvalue weighted by atomic mass is 35.5. The Labute approximate surface area is 153 Å². The highest BCUT2D eigenvalue weighted by Gasteiger charge is 2.16. The van der Waals surface area contributed by atoms with Crippen LogP contribution in [0.4, 0.5) is 0 Å². The summed E-state index contributed by atoms with van der Waals surface area (Å²) in [4.78, 5) is 8.49. The van der Waals surface area contributed by atoms with E-state index in [4.69, 9.17) is 44.3 Å². The zero-order chi connectivity index (χ0) is 17.1. The molecule has 0 amide bonds. The van der Waals surface area contributed by atoms with E-state index in [-0.39, 0.29) is 16.1 Å². The summed E-state index contributed by atoms with van der Waals surface area (Å²) < 4.78 is 11.0. The van der Waals surface area contributed by atoms with Gasteiger partial charge in [0, 0.05) is 10.6 Å². The molecule has 0 unspecified atom stereocenters. The Kier molecular flexibility index (Phi) is 5.09. The molecule has 1 heterocycles. The fourth-order valence-electron chi connectivity index (χ4n) is 2.02. The maximum absolute atomic E-state index is 6.23. The Morgan fingerprint density at radius 2 is 1.38 bits per heavy atom. The van der Waals surface area contributed by atoms with E-state index in [2.05, 4.69) is 9.97 Å². The van der Waals surface area contributed by atoms with Crippen molar-refractivity contribution >= 4 is 34.8 Å². The molecular formula is C17H11Cl3N2O2. The molecule has 1 aromatic heterocycles. The summed E-state index contributed by atoms with van der Waals surface area (Å²) >= 11 is 18.3. The number of rotatable bonds is 4. The molecular weight excluding hydrogens is 371 g/mol. The molecule has 3 aromatic rings. The second-order valence-electron chi connectivity index (χ2n) is 4.72. The van der Waals surface area contributed by atoms with E-state index in [0.717, 1.165) is 5.56 Å². The van der Waals surface area contributed by atoms with Crippen molar-refractivity contribution in [1.82, 2.24) is 9.97 Å². The quantitative estimate of drug-likeness (QED) is 0.527. The van der Waals surface area contributed by atoms with E-state index >= 15 is 0 Å². The molecule has 7 heteroatoms. The fourth-order valence-corrected chi connectivity index (χ4v) is 2.61. The normalized spacial score (nSPS) is 10.5. The number of methoxy groups -OCH3 is 1. The number of ether oxygens (including phenoxy) is 2. The monoisotopic (exact) mass is 380 g/mol. The number of hydrogen-bond donors (Lipinski definition) is 0. The molecule has 0 N–H and O–H groups in total. The van der Waals surface area contributed by atoms with Gasteiger partial charge in [0.2, 0.25) is 5.75 Å². The van der Waals surface area contributed by atoms with Gasteiger partial charge in [-0.2, -0.15) is 0 Å². The maximum Gasteiger partial charge on any atom is 0.202 e. The van der Waals surface area contributed by atoms with Crippen molar-refractivity contribution < 1.29 is 9.47 Å². The zero-order valence-corrected chi connectivity index (χ0v) is 14.7. The van der Waals surface area contributed by atoms with Gasteiger partial charge in [0.05, 0.1) is 7.11 Å². The first-order chi connectivity index (χ1) is 11.6. The lowest BCUT2D eigenvalue weighted by molar-refractivity contribution is 0.378. The summed E-state index contributed by atoms with van der Waals surface area (Å²) in [5.74, 6) is 1.56. The van der Waals surface area contributed by atoms with Crippen LogP contribution in [-0.2, 0) is 0 Å². The summed E-state index contributed by atoms with van der Waals surface area (Å²) in [7, 11) is 1.55. The van der Waals surface area contributed by atoms with Crippen LogP contribution in [-0.4, -0.2) is 17.1 Å². The van der Waals surface area contributed by atoms with Crippen molar-refractivity contribution in [1.29, 1.82) is 0 Å².